The van der Waals surface area contributed by atoms with Gasteiger partial charge in [0.05, 0.1) is 6.61 Å². The minimum atomic E-state index is 0.414. The predicted molar refractivity (Wildman–Crippen MR) is 69.3 cm³/mol. The summed E-state index contributed by atoms with van der Waals surface area (Å²) in [5, 5.41) is 9.06. The molecule has 0 saturated carbocycles. The molecular weight excluding hydrogens is 252 g/mol. The number of ether oxygens (including phenoxy) is 2. The number of rotatable bonds is 7. The average molecular weight is 266 g/mol. The van der Waals surface area contributed by atoms with E-state index in [0.29, 0.717) is 25.0 Å². The summed E-state index contributed by atoms with van der Waals surface area (Å²) >= 11 is 1.36. The molecule has 0 atom stereocenters. The fraction of sp³-hybridized carbons (Fsp3) is 0.273. The molecule has 0 bridgehead atoms. The van der Waals surface area contributed by atoms with Crippen LogP contribution in [0.1, 0.15) is 5.01 Å². The Morgan fingerprint density at radius 1 is 1.17 bits per heavy atom. The molecule has 0 aliphatic rings. The maximum atomic E-state index is 5.48. The molecule has 0 unspecified atom stereocenters. The highest BCUT2D eigenvalue weighted by Crippen LogP contribution is 2.14. The van der Waals surface area contributed by atoms with E-state index in [4.69, 9.17) is 15.3 Å². The van der Waals surface area contributed by atoms with Gasteiger partial charge in [-0.15, -0.1) is 10.2 Å². The molecule has 0 saturated heterocycles. The maximum absolute atomic E-state index is 5.48. The Morgan fingerprint density at radius 2 is 2.00 bits per heavy atom. The molecule has 2 rings (SSSR count). The lowest BCUT2D eigenvalue weighted by molar-refractivity contribution is 0.0885. The molecule has 1 heterocycles. The highest BCUT2D eigenvalue weighted by atomic mass is 32.1. The second-order valence-electron chi connectivity index (χ2n) is 3.36. The standard InChI is InChI=1S/C11H14N4O2S/c12-13-11-15-14-10(18-11)8-16-6-7-17-9-4-2-1-3-5-9/h1-5H,6-8,12H2,(H,13,15). The Hall–Kier alpha value is -1.70. The SMILES string of the molecule is NNc1nnc(COCCOc2ccccc2)s1. The van der Waals surface area contributed by atoms with Crippen molar-refractivity contribution < 1.29 is 9.47 Å². The van der Waals surface area contributed by atoms with Crippen LogP contribution in [0.25, 0.3) is 0 Å². The van der Waals surface area contributed by atoms with Gasteiger partial charge in [0.25, 0.3) is 0 Å². The summed E-state index contributed by atoms with van der Waals surface area (Å²) < 4.78 is 10.9. The van der Waals surface area contributed by atoms with Crippen LogP contribution in [0.4, 0.5) is 5.13 Å². The quantitative estimate of drug-likeness (QED) is 0.448. The third kappa shape index (κ3) is 3.95. The van der Waals surface area contributed by atoms with E-state index in [-0.39, 0.29) is 0 Å². The number of nitrogens with one attached hydrogen (secondary N) is 1. The van der Waals surface area contributed by atoms with Crippen molar-refractivity contribution in [2.75, 3.05) is 18.6 Å². The van der Waals surface area contributed by atoms with Crippen LogP contribution in [0.5, 0.6) is 5.75 Å². The number of nitrogen functional groups attached to an aromatic ring is 1. The molecule has 0 aliphatic carbocycles. The number of benzene rings is 1. The first kappa shape index (κ1) is 12.7. The summed E-state index contributed by atoms with van der Waals surface area (Å²) in [6.45, 7) is 1.42. The molecule has 0 spiro atoms. The van der Waals surface area contributed by atoms with Gasteiger partial charge in [-0.05, 0) is 12.1 Å². The van der Waals surface area contributed by atoms with Gasteiger partial charge in [-0.1, -0.05) is 29.5 Å². The highest BCUT2D eigenvalue weighted by molar-refractivity contribution is 7.15. The minimum absolute atomic E-state index is 0.414. The van der Waals surface area contributed by atoms with Crippen molar-refractivity contribution in [1.29, 1.82) is 0 Å². The van der Waals surface area contributed by atoms with Gasteiger partial charge in [0.15, 0.2) is 0 Å². The number of para-hydroxylation sites is 1. The fourth-order valence-corrected chi connectivity index (χ4v) is 1.85. The Balaban J connectivity index is 1.61. The smallest absolute Gasteiger partial charge is 0.219 e. The number of hydrogen-bond acceptors (Lipinski definition) is 7. The second kappa shape index (κ2) is 6.90. The van der Waals surface area contributed by atoms with Crippen LogP contribution in [-0.2, 0) is 11.3 Å². The molecule has 2 aromatic rings. The zero-order valence-corrected chi connectivity index (χ0v) is 10.5. The van der Waals surface area contributed by atoms with Gasteiger partial charge in [0.2, 0.25) is 5.13 Å². The Morgan fingerprint density at radius 3 is 2.72 bits per heavy atom. The van der Waals surface area contributed by atoms with Crippen LogP contribution < -0.4 is 16.0 Å². The largest absolute Gasteiger partial charge is 0.491 e. The zero-order chi connectivity index (χ0) is 12.6. The number of aromatic nitrogens is 2. The molecule has 96 valence electrons. The van der Waals surface area contributed by atoms with Gasteiger partial charge >= 0.3 is 0 Å². The molecule has 6 nitrogen and oxygen atoms in total. The van der Waals surface area contributed by atoms with Gasteiger partial charge < -0.3 is 9.47 Å². The van der Waals surface area contributed by atoms with Crippen LogP contribution in [0.15, 0.2) is 30.3 Å². The van der Waals surface area contributed by atoms with Crippen molar-refractivity contribution in [3.8, 4) is 5.75 Å². The molecule has 7 heteroatoms. The molecule has 0 amide bonds. The normalized spacial score (nSPS) is 10.3. The second-order valence-corrected chi connectivity index (χ2v) is 4.42. The van der Waals surface area contributed by atoms with E-state index in [1.54, 1.807) is 0 Å². The van der Waals surface area contributed by atoms with E-state index in [1.807, 2.05) is 30.3 Å². The minimum Gasteiger partial charge on any atom is -0.491 e. The third-order valence-electron chi connectivity index (χ3n) is 2.06. The van der Waals surface area contributed by atoms with E-state index in [9.17, 15) is 0 Å². The summed E-state index contributed by atoms with van der Waals surface area (Å²) in [6.07, 6.45) is 0. The first-order valence-corrected chi connectivity index (χ1v) is 6.25. The Bertz CT molecular complexity index is 463. The summed E-state index contributed by atoms with van der Waals surface area (Å²) in [4.78, 5) is 0. The van der Waals surface area contributed by atoms with Crippen molar-refractivity contribution in [2.45, 2.75) is 6.61 Å². The lowest BCUT2D eigenvalue weighted by Crippen LogP contribution is -2.06. The number of nitrogens with two attached hydrogens (primary N) is 1. The maximum Gasteiger partial charge on any atom is 0.219 e. The lowest BCUT2D eigenvalue weighted by Gasteiger charge is -2.05. The van der Waals surface area contributed by atoms with Gasteiger partial charge in [0, 0.05) is 0 Å². The van der Waals surface area contributed by atoms with E-state index < -0.39 is 0 Å². The summed E-state index contributed by atoms with van der Waals surface area (Å²) in [5.41, 5.74) is 2.44. The number of nitrogens with zero attached hydrogens (tertiary/aromatic N) is 2. The molecule has 3 N–H and O–H groups in total. The van der Waals surface area contributed by atoms with E-state index in [1.165, 1.54) is 11.3 Å². The Kier molecular flexibility index (Phi) is 4.88. The van der Waals surface area contributed by atoms with Gasteiger partial charge in [-0.25, -0.2) is 5.84 Å². The van der Waals surface area contributed by atoms with Crippen LogP contribution in [0, 0.1) is 0 Å². The van der Waals surface area contributed by atoms with Crippen LogP contribution in [-0.4, -0.2) is 23.4 Å². The summed E-state index contributed by atoms with van der Waals surface area (Å²) in [5.74, 6) is 6.04. The fourth-order valence-electron chi connectivity index (χ4n) is 1.26. The molecule has 0 radical (unpaired) electrons. The summed E-state index contributed by atoms with van der Waals surface area (Å²) in [7, 11) is 0. The molecule has 1 aromatic heterocycles. The summed E-state index contributed by atoms with van der Waals surface area (Å²) in [6, 6.07) is 9.62. The molecule has 0 aliphatic heterocycles. The van der Waals surface area contributed by atoms with Crippen molar-refractivity contribution in [3.05, 3.63) is 35.3 Å². The van der Waals surface area contributed by atoms with E-state index >= 15 is 0 Å². The molecule has 0 fully saturated rings. The Labute approximate surface area is 109 Å². The zero-order valence-electron chi connectivity index (χ0n) is 9.70. The van der Waals surface area contributed by atoms with Crippen molar-refractivity contribution >= 4 is 16.5 Å². The highest BCUT2D eigenvalue weighted by Gasteiger charge is 2.02. The van der Waals surface area contributed by atoms with Crippen molar-refractivity contribution in [1.82, 2.24) is 10.2 Å². The molecule has 1 aromatic carbocycles. The molecule has 18 heavy (non-hydrogen) atoms. The van der Waals surface area contributed by atoms with Crippen molar-refractivity contribution in [2.24, 2.45) is 5.84 Å². The number of hydrogen-bond donors (Lipinski definition) is 2. The van der Waals surface area contributed by atoms with Crippen LogP contribution in [0.3, 0.4) is 0 Å². The van der Waals surface area contributed by atoms with E-state index in [0.717, 1.165) is 10.8 Å². The topological polar surface area (TPSA) is 82.3 Å². The first-order chi connectivity index (χ1) is 8.88. The molecular formula is C11H14N4O2S. The van der Waals surface area contributed by atoms with Gasteiger partial charge in [0.1, 0.15) is 24.0 Å². The monoisotopic (exact) mass is 266 g/mol. The lowest BCUT2D eigenvalue weighted by atomic mass is 10.3. The first-order valence-electron chi connectivity index (χ1n) is 5.43. The van der Waals surface area contributed by atoms with Gasteiger partial charge in [-0.3, -0.25) is 5.43 Å². The van der Waals surface area contributed by atoms with Crippen molar-refractivity contribution in [3.63, 3.8) is 0 Å². The van der Waals surface area contributed by atoms with Crippen LogP contribution >= 0.6 is 11.3 Å². The number of anilines is 1. The van der Waals surface area contributed by atoms with E-state index in [2.05, 4.69) is 15.6 Å². The third-order valence-corrected chi connectivity index (χ3v) is 2.88. The van der Waals surface area contributed by atoms with Crippen LogP contribution in [0.2, 0.25) is 0 Å². The average Bonchev–Trinajstić information content (AvgIpc) is 2.87. The predicted octanol–water partition coefficient (Wildman–Crippen LogP) is 1.42. The number of hydrazine groups is 1. The van der Waals surface area contributed by atoms with Gasteiger partial charge in [-0.2, -0.15) is 0 Å².